The van der Waals surface area contributed by atoms with Gasteiger partial charge in [0.05, 0.1) is 21.6 Å². The zero-order valence-electron chi connectivity index (χ0n) is 13.4. The van der Waals surface area contributed by atoms with Crippen molar-refractivity contribution in [2.75, 3.05) is 0 Å². The molecule has 0 bridgehead atoms. The van der Waals surface area contributed by atoms with Gasteiger partial charge in [-0.3, -0.25) is 9.36 Å². The van der Waals surface area contributed by atoms with Crippen LogP contribution in [0.1, 0.15) is 37.0 Å². The van der Waals surface area contributed by atoms with Crippen molar-refractivity contribution in [3.63, 3.8) is 0 Å². The molecule has 0 saturated heterocycles. The molecule has 23 heavy (non-hydrogen) atoms. The summed E-state index contributed by atoms with van der Waals surface area (Å²) < 4.78 is 1.83. The summed E-state index contributed by atoms with van der Waals surface area (Å²) in [5.74, 6) is 0.728. The van der Waals surface area contributed by atoms with E-state index in [4.69, 9.17) is 4.98 Å². The van der Waals surface area contributed by atoms with Crippen molar-refractivity contribution in [2.24, 2.45) is 0 Å². The maximum Gasteiger partial charge on any atom is 0.262 e. The summed E-state index contributed by atoms with van der Waals surface area (Å²) in [7, 11) is 0. The standard InChI is InChI=1S/C17H19N3OS2/c1-4-11(2)20-16(21)14-7-5-6-8-15(14)19-17(20)23-10-13-9-22-12(3)18-13/h5-9,11H,4,10H2,1-3H3/t11-/m0/s1. The first-order valence-electron chi connectivity index (χ1n) is 7.65. The van der Waals surface area contributed by atoms with Crippen molar-refractivity contribution < 1.29 is 0 Å². The van der Waals surface area contributed by atoms with Crippen LogP contribution in [0.5, 0.6) is 0 Å². The molecule has 1 atom stereocenters. The molecule has 120 valence electrons. The number of aryl methyl sites for hydroxylation is 1. The number of hydrogen-bond donors (Lipinski definition) is 0. The predicted octanol–water partition coefficient (Wildman–Crippen LogP) is 4.42. The molecule has 0 amide bonds. The SMILES string of the molecule is CC[C@H](C)n1c(SCc2csc(C)n2)nc2ccccc2c1=O. The minimum atomic E-state index is 0.0434. The van der Waals surface area contributed by atoms with Crippen LogP contribution in [0.15, 0.2) is 39.6 Å². The van der Waals surface area contributed by atoms with Crippen LogP contribution in [0.2, 0.25) is 0 Å². The lowest BCUT2D eigenvalue weighted by Crippen LogP contribution is -2.26. The van der Waals surface area contributed by atoms with E-state index in [1.54, 1.807) is 23.1 Å². The lowest BCUT2D eigenvalue weighted by molar-refractivity contribution is 0.468. The highest BCUT2D eigenvalue weighted by Crippen LogP contribution is 2.25. The number of benzene rings is 1. The average Bonchev–Trinajstić information content (AvgIpc) is 2.98. The number of thioether (sulfide) groups is 1. The van der Waals surface area contributed by atoms with Crippen LogP contribution in [0.4, 0.5) is 0 Å². The monoisotopic (exact) mass is 345 g/mol. The third-order valence-electron chi connectivity index (χ3n) is 3.82. The minimum absolute atomic E-state index is 0.0434. The lowest BCUT2D eigenvalue weighted by Gasteiger charge is -2.18. The molecule has 3 rings (SSSR count). The Bertz CT molecular complexity index is 885. The van der Waals surface area contributed by atoms with Gasteiger partial charge in [-0.15, -0.1) is 11.3 Å². The van der Waals surface area contributed by atoms with Gasteiger partial charge < -0.3 is 0 Å². The second kappa shape index (κ2) is 6.84. The molecule has 0 radical (unpaired) electrons. The fourth-order valence-electron chi connectivity index (χ4n) is 2.41. The maximum atomic E-state index is 12.9. The van der Waals surface area contributed by atoms with Crippen LogP contribution in [-0.2, 0) is 5.75 Å². The highest BCUT2D eigenvalue weighted by atomic mass is 32.2. The van der Waals surface area contributed by atoms with Crippen LogP contribution in [-0.4, -0.2) is 14.5 Å². The molecule has 0 spiro atoms. The first-order valence-corrected chi connectivity index (χ1v) is 9.51. The summed E-state index contributed by atoms with van der Waals surface area (Å²) in [5.41, 5.74) is 1.84. The van der Waals surface area contributed by atoms with Crippen molar-refractivity contribution in [3.8, 4) is 0 Å². The van der Waals surface area contributed by atoms with Gasteiger partial charge in [0.1, 0.15) is 0 Å². The minimum Gasteiger partial charge on any atom is -0.284 e. The van der Waals surface area contributed by atoms with Crippen molar-refractivity contribution >= 4 is 34.0 Å². The number of nitrogens with zero attached hydrogens (tertiary/aromatic N) is 3. The Morgan fingerprint density at radius 1 is 1.30 bits per heavy atom. The largest absolute Gasteiger partial charge is 0.284 e. The molecule has 0 aliphatic rings. The van der Waals surface area contributed by atoms with Crippen LogP contribution in [0, 0.1) is 6.92 Å². The highest BCUT2D eigenvalue weighted by molar-refractivity contribution is 7.98. The molecule has 0 saturated carbocycles. The predicted molar refractivity (Wildman–Crippen MR) is 97.4 cm³/mol. The van der Waals surface area contributed by atoms with E-state index in [1.807, 2.05) is 35.8 Å². The summed E-state index contributed by atoms with van der Waals surface area (Å²) >= 11 is 3.23. The number of thiazole rings is 1. The van der Waals surface area contributed by atoms with E-state index in [9.17, 15) is 4.79 Å². The second-order valence-electron chi connectivity index (χ2n) is 5.49. The summed E-state index contributed by atoms with van der Waals surface area (Å²) in [6.45, 7) is 6.15. The first kappa shape index (κ1) is 16.2. The number of fused-ring (bicyclic) bond motifs is 1. The Morgan fingerprint density at radius 2 is 2.09 bits per heavy atom. The molecule has 4 nitrogen and oxygen atoms in total. The molecule has 6 heteroatoms. The van der Waals surface area contributed by atoms with Crippen molar-refractivity contribution in [3.05, 3.63) is 50.7 Å². The van der Waals surface area contributed by atoms with Crippen LogP contribution < -0.4 is 5.56 Å². The number of hydrogen-bond acceptors (Lipinski definition) is 5. The third-order valence-corrected chi connectivity index (χ3v) is 5.63. The fraction of sp³-hybridized carbons (Fsp3) is 0.353. The normalized spacial score (nSPS) is 12.7. The van der Waals surface area contributed by atoms with Gasteiger partial charge in [0.15, 0.2) is 5.16 Å². The Hall–Kier alpha value is -1.66. The molecule has 3 aromatic rings. The van der Waals surface area contributed by atoms with Crippen LogP contribution >= 0.6 is 23.1 Å². The Kier molecular flexibility index (Phi) is 4.82. The Balaban J connectivity index is 2.04. The molecular weight excluding hydrogens is 326 g/mol. The molecule has 0 aliphatic carbocycles. The smallest absolute Gasteiger partial charge is 0.262 e. The first-order chi connectivity index (χ1) is 11.1. The van der Waals surface area contributed by atoms with Gasteiger partial charge in [0.25, 0.3) is 5.56 Å². The zero-order chi connectivity index (χ0) is 16.4. The maximum absolute atomic E-state index is 12.9. The highest BCUT2D eigenvalue weighted by Gasteiger charge is 2.15. The van der Waals surface area contributed by atoms with Crippen LogP contribution in [0.3, 0.4) is 0 Å². The summed E-state index contributed by atoms with van der Waals surface area (Å²) in [6.07, 6.45) is 0.892. The Morgan fingerprint density at radius 3 is 2.78 bits per heavy atom. The summed E-state index contributed by atoms with van der Waals surface area (Å²) in [6, 6.07) is 7.67. The molecule has 2 heterocycles. The average molecular weight is 345 g/mol. The quantitative estimate of drug-likeness (QED) is 0.507. The number of aromatic nitrogens is 3. The van der Waals surface area contributed by atoms with E-state index >= 15 is 0 Å². The van der Waals surface area contributed by atoms with E-state index in [-0.39, 0.29) is 11.6 Å². The molecule has 0 N–H and O–H groups in total. The molecule has 2 aromatic heterocycles. The van der Waals surface area contributed by atoms with Gasteiger partial charge >= 0.3 is 0 Å². The van der Waals surface area contributed by atoms with E-state index in [0.29, 0.717) is 5.39 Å². The van der Waals surface area contributed by atoms with Gasteiger partial charge in [-0.1, -0.05) is 30.8 Å². The van der Waals surface area contributed by atoms with Crippen molar-refractivity contribution in [2.45, 2.75) is 44.1 Å². The van der Waals surface area contributed by atoms with Gasteiger partial charge in [-0.05, 0) is 32.4 Å². The summed E-state index contributed by atoms with van der Waals surface area (Å²) in [5, 5.41) is 4.58. The number of rotatable bonds is 5. The third kappa shape index (κ3) is 3.33. The molecular formula is C17H19N3OS2. The van der Waals surface area contributed by atoms with E-state index < -0.39 is 0 Å². The van der Waals surface area contributed by atoms with Gasteiger partial charge in [0, 0.05) is 17.2 Å². The van der Waals surface area contributed by atoms with E-state index in [0.717, 1.165) is 33.5 Å². The fourth-order valence-corrected chi connectivity index (χ4v) is 4.12. The van der Waals surface area contributed by atoms with Gasteiger partial charge in [0.2, 0.25) is 0 Å². The van der Waals surface area contributed by atoms with Crippen molar-refractivity contribution in [1.29, 1.82) is 0 Å². The van der Waals surface area contributed by atoms with Gasteiger partial charge in [-0.2, -0.15) is 0 Å². The van der Waals surface area contributed by atoms with Crippen molar-refractivity contribution in [1.82, 2.24) is 14.5 Å². The number of para-hydroxylation sites is 1. The second-order valence-corrected chi connectivity index (χ2v) is 7.50. The molecule has 0 unspecified atom stereocenters. The molecule has 1 aromatic carbocycles. The Labute approximate surface area is 143 Å². The molecule has 0 fully saturated rings. The summed E-state index contributed by atoms with van der Waals surface area (Å²) in [4.78, 5) is 22.1. The topological polar surface area (TPSA) is 47.8 Å². The van der Waals surface area contributed by atoms with E-state index in [1.165, 1.54) is 0 Å². The van der Waals surface area contributed by atoms with Gasteiger partial charge in [-0.25, -0.2) is 9.97 Å². The zero-order valence-corrected chi connectivity index (χ0v) is 15.1. The lowest BCUT2D eigenvalue weighted by atomic mass is 10.2. The molecule has 0 aliphatic heterocycles. The van der Waals surface area contributed by atoms with Crippen LogP contribution in [0.25, 0.3) is 10.9 Å². The van der Waals surface area contributed by atoms with E-state index in [2.05, 4.69) is 24.2 Å².